The van der Waals surface area contributed by atoms with E-state index < -0.39 is 10.1 Å². The number of carbonyl (C=O) groups is 1. The van der Waals surface area contributed by atoms with Crippen molar-refractivity contribution in [2.75, 3.05) is 24.5 Å². The van der Waals surface area contributed by atoms with Gasteiger partial charge < -0.3 is 9.08 Å². The molecule has 0 bridgehead atoms. The minimum atomic E-state index is -3.92. The van der Waals surface area contributed by atoms with Crippen molar-refractivity contribution in [3.05, 3.63) is 54.1 Å². The van der Waals surface area contributed by atoms with Gasteiger partial charge in [0.05, 0.1) is 0 Å². The highest BCUT2D eigenvalue weighted by molar-refractivity contribution is 7.87. The fourth-order valence-corrected chi connectivity index (χ4v) is 3.90. The van der Waals surface area contributed by atoms with Crippen LogP contribution in [0.15, 0.2) is 53.4 Å². The number of hydrogen-bond donors (Lipinski definition) is 0. The van der Waals surface area contributed by atoms with Gasteiger partial charge in [0.1, 0.15) is 10.6 Å². The van der Waals surface area contributed by atoms with Crippen LogP contribution in [0.5, 0.6) is 5.75 Å². The maximum absolute atomic E-state index is 12.5. The number of aryl methyl sites for hydroxylation is 1. The van der Waals surface area contributed by atoms with E-state index in [2.05, 4.69) is 0 Å². The van der Waals surface area contributed by atoms with Crippen LogP contribution in [0.2, 0.25) is 0 Å². The number of nitrogens with zero attached hydrogens (tertiary/aromatic N) is 2. The molecule has 0 radical (unpaired) electrons. The molecule has 0 aromatic heterocycles. The average molecular weight is 374 g/mol. The SMILES string of the molecule is CCCN1CCN(c2ccc(S(=O)(=O)Oc3ccccc3C)cc2)C1=O. The zero-order chi connectivity index (χ0) is 18.7. The van der Waals surface area contributed by atoms with Crippen LogP contribution in [0.1, 0.15) is 18.9 Å². The van der Waals surface area contributed by atoms with Crippen molar-refractivity contribution in [1.82, 2.24) is 4.90 Å². The van der Waals surface area contributed by atoms with Gasteiger partial charge in [-0.3, -0.25) is 4.90 Å². The number of benzene rings is 2. The molecular weight excluding hydrogens is 352 g/mol. The van der Waals surface area contributed by atoms with E-state index in [1.54, 1.807) is 47.1 Å². The van der Waals surface area contributed by atoms with Crippen LogP contribution in [-0.4, -0.2) is 39.0 Å². The van der Waals surface area contributed by atoms with E-state index in [-0.39, 0.29) is 10.9 Å². The predicted molar refractivity (Wildman–Crippen MR) is 100 cm³/mol. The van der Waals surface area contributed by atoms with Gasteiger partial charge in [-0.2, -0.15) is 8.42 Å². The Morgan fingerprint density at radius 1 is 1.04 bits per heavy atom. The summed E-state index contributed by atoms with van der Waals surface area (Å²) >= 11 is 0. The van der Waals surface area contributed by atoms with Crippen LogP contribution in [0.25, 0.3) is 0 Å². The third kappa shape index (κ3) is 3.67. The normalized spacial score (nSPS) is 14.8. The van der Waals surface area contributed by atoms with Crippen molar-refractivity contribution in [2.45, 2.75) is 25.2 Å². The van der Waals surface area contributed by atoms with Crippen LogP contribution in [0.3, 0.4) is 0 Å². The summed E-state index contributed by atoms with van der Waals surface area (Å²) in [6.07, 6.45) is 0.910. The third-order valence-electron chi connectivity index (χ3n) is 4.32. The standard InChI is InChI=1S/C19H22N2O4S/c1-3-12-20-13-14-21(19(20)22)16-8-10-17(11-9-16)26(23,24)25-18-7-5-4-6-15(18)2/h4-11H,3,12-14H2,1-2H3. The lowest BCUT2D eigenvalue weighted by Crippen LogP contribution is -2.32. The van der Waals surface area contributed by atoms with Gasteiger partial charge in [-0.25, -0.2) is 4.79 Å². The molecule has 1 saturated heterocycles. The Bertz CT molecular complexity index is 894. The lowest BCUT2D eigenvalue weighted by Gasteiger charge is -2.18. The summed E-state index contributed by atoms with van der Waals surface area (Å²) in [5.74, 6) is 0.307. The molecule has 7 heteroatoms. The molecule has 2 aromatic rings. The molecule has 6 nitrogen and oxygen atoms in total. The molecule has 1 fully saturated rings. The fraction of sp³-hybridized carbons (Fsp3) is 0.316. The van der Waals surface area contributed by atoms with Gasteiger partial charge in [-0.1, -0.05) is 25.1 Å². The second kappa shape index (κ2) is 7.37. The highest BCUT2D eigenvalue weighted by Gasteiger charge is 2.29. The van der Waals surface area contributed by atoms with E-state index in [4.69, 9.17) is 4.18 Å². The Balaban J connectivity index is 1.77. The molecule has 0 spiro atoms. The lowest BCUT2D eigenvalue weighted by molar-refractivity contribution is 0.220. The van der Waals surface area contributed by atoms with Crippen LogP contribution in [0.4, 0.5) is 10.5 Å². The van der Waals surface area contributed by atoms with E-state index in [0.29, 0.717) is 24.5 Å². The van der Waals surface area contributed by atoms with Gasteiger partial charge >= 0.3 is 16.1 Å². The quantitative estimate of drug-likeness (QED) is 0.727. The van der Waals surface area contributed by atoms with Crippen molar-refractivity contribution >= 4 is 21.8 Å². The Labute approximate surface area is 154 Å². The highest BCUT2D eigenvalue weighted by atomic mass is 32.2. The van der Waals surface area contributed by atoms with Gasteiger partial charge in [0.2, 0.25) is 0 Å². The zero-order valence-electron chi connectivity index (χ0n) is 14.9. The number of carbonyl (C=O) groups excluding carboxylic acids is 1. The van der Waals surface area contributed by atoms with E-state index in [9.17, 15) is 13.2 Å². The van der Waals surface area contributed by atoms with E-state index >= 15 is 0 Å². The second-order valence-corrected chi connectivity index (χ2v) is 7.76. The van der Waals surface area contributed by atoms with Gasteiger partial charge in [0.15, 0.2) is 0 Å². The molecule has 1 heterocycles. The van der Waals surface area contributed by atoms with Crippen LogP contribution < -0.4 is 9.08 Å². The molecule has 0 aliphatic carbocycles. The predicted octanol–water partition coefficient (Wildman–Crippen LogP) is 3.41. The van der Waals surface area contributed by atoms with Gasteiger partial charge in [-0.05, 0) is 49.2 Å². The maximum Gasteiger partial charge on any atom is 0.339 e. The molecule has 138 valence electrons. The van der Waals surface area contributed by atoms with Gasteiger partial charge in [0.25, 0.3) is 0 Å². The Hall–Kier alpha value is -2.54. The number of anilines is 1. The number of rotatable bonds is 6. The van der Waals surface area contributed by atoms with Crippen LogP contribution >= 0.6 is 0 Å². The molecular formula is C19H22N2O4S. The molecule has 3 rings (SSSR count). The van der Waals surface area contributed by atoms with Crippen molar-refractivity contribution in [3.8, 4) is 5.75 Å². The van der Waals surface area contributed by atoms with Crippen LogP contribution in [0, 0.1) is 6.92 Å². The van der Waals surface area contributed by atoms with Crippen LogP contribution in [-0.2, 0) is 10.1 Å². The summed E-state index contributed by atoms with van der Waals surface area (Å²) < 4.78 is 30.2. The second-order valence-electron chi connectivity index (χ2n) is 6.22. The molecule has 1 aliphatic heterocycles. The first-order chi connectivity index (χ1) is 12.4. The summed E-state index contributed by atoms with van der Waals surface area (Å²) in [6.45, 7) is 5.83. The number of amides is 2. The zero-order valence-corrected chi connectivity index (χ0v) is 15.7. The molecule has 2 aromatic carbocycles. The lowest BCUT2D eigenvalue weighted by atomic mass is 10.2. The summed E-state index contributed by atoms with van der Waals surface area (Å²) in [7, 11) is -3.92. The monoisotopic (exact) mass is 374 g/mol. The molecule has 2 amide bonds. The highest BCUT2D eigenvalue weighted by Crippen LogP contribution is 2.25. The first-order valence-electron chi connectivity index (χ1n) is 8.59. The number of para-hydroxylation sites is 1. The minimum Gasteiger partial charge on any atom is -0.379 e. The summed E-state index contributed by atoms with van der Waals surface area (Å²) in [5, 5.41) is 0. The van der Waals surface area contributed by atoms with E-state index in [0.717, 1.165) is 18.5 Å². The third-order valence-corrected chi connectivity index (χ3v) is 5.57. The number of urea groups is 1. The number of hydrogen-bond acceptors (Lipinski definition) is 4. The Morgan fingerprint density at radius 3 is 2.38 bits per heavy atom. The van der Waals surface area contributed by atoms with Gasteiger partial charge in [-0.15, -0.1) is 0 Å². The summed E-state index contributed by atoms with van der Waals surface area (Å²) in [5.41, 5.74) is 1.43. The maximum atomic E-state index is 12.5. The largest absolute Gasteiger partial charge is 0.379 e. The molecule has 0 saturated carbocycles. The average Bonchev–Trinajstić information content (AvgIpc) is 2.98. The van der Waals surface area contributed by atoms with E-state index in [1.807, 2.05) is 13.0 Å². The first kappa shape index (κ1) is 18.3. The smallest absolute Gasteiger partial charge is 0.339 e. The topological polar surface area (TPSA) is 66.9 Å². The van der Waals surface area contributed by atoms with Crippen molar-refractivity contribution in [3.63, 3.8) is 0 Å². The Kier molecular flexibility index (Phi) is 5.18. The Morgan fingerprint density at radius 2 is 1.73 bits per heavy atom. The minimum absolute atomic E-state index is 0.0429. The van der Waals surface area contributed by atoms with Crippen molar-refractivity contribution in [2.24, 2.45) is 0 Å². The molecule has 1 aliphatic rings. The summed E-state index contributed by atoms with van der Waals surface area (Å²) in [6, 6.07) is 13.1. The molecule has 26 heavy (non-hydrogen) atoms. The molecule has 0 atom stereocenters. The fourth-order valence-electron chi connectivity index (χ4n) is 2.91. The summed E-state index contributed by atoms with van der Waals surface area (Å²) in [4.78, 5) is 15.9. The first-order valence-corrected chi connectivity index (χ1v) is 10.00. The molecule has 0 N–H and O–H groups in total. The van der Waals surface area contributed by atoms with Crippen molar-refractivity contribution in [1.29, 1.82) is 0 Å². The van der Waals surface area contributed by atoms with E-state index in [1.165, 1.54) is 12.1 Å². The van der Waals surface area contributed by atoms with Gasteiger partial charge in [0, 0.05) is 25.3 Å². The van der Waals surface area contributed by atoms with Crippen molar-refractivity contribution < 1.29 is 17.4 Å². The molecule has 0 unspecified atom stereocenters.